The summed E-state index contributed by atoms with van der Waals surface area (Å²) in [6.45, 7) is 8.32. The number of hydrogen-bond donors (Lipinski definition) is 1. The fourth-order valence-electron chi connectivity index (χ4n) is 4.14. The van der Waals surface area contributed by atoms with Gasteiger partial charge in [-0.25, -0.2) is 8.42 Å². The second-order valence-corrected chi connectivity index (χ2v) is 10.9. The fraction of sp³-hybridized carbons (Fsp3) is 0.667. The summed E-state index contributed by atoms with van der Waals surface area (Å²) < 4.78 is 32.3. The van der Waals surface area contributed by atoms with E-state index in [-0.39, 0.29) is 22.1 Å². The van der Waals surface area contributed by atoms with Crippen molar-refractivity contribution in [2.75, 3.05) is 31.6 Å². The van der Waals surface area contributed by atoms with Crippen molar-refractivity contribution in [2.45, 2.75) is 51.3 Å². The summed E-state index contributed by atoms with van der Waals surface area (Å²) in [5.74, 6) is 0.643. The first-order chi connectivity index (χ1) is 13.2. The van der Waals surface area contributed by atoms with Crippen LogP contribution in [0.1, 0.15) is 46.5 Å². The molecule has 1 amide bonds. The molecule has 0 bridgehead atoms. The Bertz CT molecular complexity index is 787. The predicted molar refractivity (Wildman–Crippen MR) is 110 cm³/mol. The molecule has 0 unspecified atom stereocenters. The number of sulfonamides is 1. The van der Waals surface area contributed by atoms with Gasteiger partial charge in [0, 0.05) is 24.7 Å². The summed E-state index contributed by atoms with van der Waals surface area (Å²) in [5, 5.41) is 2.93. The van der Waals surface area contributed by atoms with Gasteiger partial charge < -0.3 is 10.1 Å². The minimum atomic E-state index is -3.57. The molecule has 0 spiro atoms. The quantitative estimate of drug-likeness (QED) is 0.827. The molecule has 7 heteroatoms. The van der Waals surface area contributed by atoms with Gasteiger partial charge in [0.15, 0.2) is 0 Å². The van der Waals surface area contributed by atoms with Gasteiger partial charge in [-0.3, -0.25) is 4.79 Å². The van der Waals surface area contributed by atoms with Crippen LogP contribution in [0.15, 0.2) is 29.2 Å². The number of anilines is 1. The van der Waals surface area contributed by atoms with E-state index in [1.807, 2.05) is 0 Å². The minimum absolute atomic E-state index is 0.00175. The zero-order chi connectivity index (χ0) is 20.4. The lowest BCUT2D eigenvalue weighted by Crippen LogP contribution is -2.40. The highest BCUT2D eigenvalue weighted by Gasteiger charge is 2.32. The second-order valence-electron chi connectivity index (χ2n) is 8.95. The van der Waals surface area contributed by atoms with Gasteiger partial charge in [-0.1, -0.05) is 26.8 Å². The van der Waals surface area contributed by atoms with Crippen LogP contribution in [-0.2, 0) is 19.6 Å². The van der Waals surface area contributed by atoms with Gasteiger partial charge in [-0.15, -0.1) is 0 Å². The zero-order valence-corrected chi connectivity index (χ0v) is 17.9. The van der Waals surface area contributed by atoms with Gasteiger partial charge in [0.05, 0.1) is 18.1 Å². The van der Waals surface area contributed by atoms with Crippen molar-refractivity contribution in [1.29, 1.82) is 0 Å². The number of ether oxygens (including phenoxy) is 1. The van der Waals surface area contributed by atoms with Crippen LogP contribution < -0.4 is 5.32 Å². The van der Waals surface area contributed by atoms with Crippen LogP contribution in [0.2, 0.25) is 0 Å². The third-order valence-electron chi connectivity index (χ3n) is 6.03. The predicted octanol–water partition coefficient (Wildman–Crippen LogP) is 3.50. The smallest absolute Gasteiger partial charge is 0.243 e. The monoisotopic (exact) mass is 408 g/mol. The Morgan fingerprint density at radius 3 is 2.36 bits per heavy atom. The molecule has 3 rings (SSSR count). The number of morpholine rings is 1. The van der Waals surface area contributed by atoms with Gasteiger partial charge >= 0.3 is 0 Å². The van der Waals surface area contributed by atoms with Crippen molar-refractivity contribution in [3.8, 4) is 0 Å². The molecular formula is C21H32N2O4S. The summed E-state index contributed by atoms with van der Waals surface area (Å²) in [6.07, 6.45) is 3.90. The molecule has 1 aliphatic carbocycles. The molecule has 0 atom stereocenters. The van der Waals surface area contributed by atoms with Crippen LogP contribution in [0.4, 0.5) is 5.69 Å². The van der Waals surface area contributed by atoms with E-state index >= 15 is 0 Å². The Morgan fingerprint density at radius 2 is 1.75 bits per heavy atom. The summed E-state index contributed by atoms with van der Waals surface area (Å²) in [6, 6.07) is 6.56. The Labute approximate surface area is 168 Å². The largest absolute Gasteiger partial charge is 0.379 e. The van der Waals surface area contributed by atoms with Crippen molar-refractivity contribution < 1.29 is 17.9 Å². The number of nitrogens with one attached hydrogen (secondary N) is 1. The Kier molecular flexibility index (Phi) is 6.47. The standard InChI is InChI=1S/C21H32N2O4S/c1-21(2,3)17-9-7-16(8-10-17)20(24)22-18-5-4-6-19(15-18)28(25,26)23-11-13-27-14-12-23/h4-6,15-17H,7-14H2,1-3H3,(H,22,24). The van der Waals surface area contributed by atoms with Crippen LogP contribution in [0, 0.1) is 17.3 Å². The first-order valence-electron chi connectivity index (χ1n) is 10.2. The first-order valence-corrected chi connectivity index (χ1v) is 11.6. The van der Waals surface area contributed by atoms with E-state index in [4.69, 9.17) is 4.74 Å². The van der Waals surface area contributed by atoms with E-state index < -0.39 is 10.0 Å². The summed E-state index contributed by atoms with van der Waals surface area (Å²) in [5.41, 5.74) is 0.821. The SMILES string of the molecule is CC(C)(C)C1CCC(C(=O)Nc2cccc(S(=O)(=O)N3CCOCC3)c2)CC1. The number of amides is 1. The Balaban J connectivity index is 1.64. The molecule has 1 aromatic carbocycles. The van der Waals surface area contributed by atoms with Gasteiger partial charge in [0.25, 0.3) is 0 Å². The molecule has 28 heavy (non-hydrogen) atoms. The van der Waals surface area contributed by atoms with Crippen LogP contribution in [0.5, 0.6) is 0 Å². The highest BCUT2D eigenvalue weighted by atomic mass is 32.2. The van der Waals surface area contributed by atoms with Crippen LogP contribution in [-0.4, -0.2) is 44.9 Å². The molecule has 0 aromatic heterocycles. The fourth-order valence-corrected chi connectivity index (χ4v) is 5.59. The molecule has 2 fully saturated rings. The molecule has 156 valence electrons. The topological polar surface area (TPSA) is 75.7 Å². The van der Waals surface area contributed by atoms with E-state index in [1.165, 1.54) is 4.31 Å². The lowest BCUT2D eigenvalue weighted by molar-refractivity contribution is -0.121. The molecule has 1 aliphatic heterocycles. The maximum absolute atomic E-state index is 12.8. The average molecular weight is 409 g/mol. The highest BCUT2D eigenvalue weighted by Crippen LogP contribution is 2.40. The minimum Gasteiger partial charge on any atom is -0.379 e. The molecular weight excluding hydrogens is 376 g/mol. The lowest BCUT2D eigenvalue weighted by atomic mass is 9.69. The number of nitrogens with zero attached hydrogens (tertiary/aromatic N) is 1. The van der Waals surface area contributed by atoms with Crippen LogP contribution in [0.25, 0.3) is 0 Å². The molecule has 2 aliphatic rings. The number of rotatable bonds is 4. The third kappa shape index (κ3) is 4.93. The molecule has 1 aromatic rings. The molecule has 1 saturated carbocycles. The van der Waals surface area contributed by atoms with Crippen molar-refractivity contribution >= 4 is 21.6 Å². The molecule has 1 N–H and O–H groups in total. The van der Waals surface area contributed by atoms with Crippen LogP contribution >= 0.6 is 0 Å². The van der Waals surface area contributed by atoms with Gasteiger partial charge in [-0.2, -0.15) is 4.31 Å². The van der Waals surface area contributed by atoms with Crippen molar-refractivity contribution in [1.82, 2.24) is 4.31 Å². The van der Waals surface area contributed by atoms with E-state index in [2.05, 4.69) is 26.1 Å². The maximum atomic E-state index is 12.8. The van der Waals surface area contributed by atoms with Crippen LogP contribution in [0.3, 0.4) is 0 Å². The van der Waals surface area contributed by atoms with Crippen molar-refractivity contribution in [2.24, 2.45) is 17.3 Å². The van der Waals surface area contributed by atoms with Crippen molar-refractivity contribution in [3.05, 3.63) is 24.3 Å². The molecule has 6 nitrogen and oxygen atoms in total. The number of carbonyl (C=O) groups excluding carboxylic acids is 1. The third-order valence-corrected chi connectivity index (χ3v) is 7.93. The number of benzene rings is 1. The second kappa shape index (κ2) is 8.51. The van der Waals surface area contributed by atoms with E-state index in [0.717, 1.165) is 25.7 Å². The number of carbonyl (C=O) groups is 1. The van der Waals surface area contributed by atoms with E-state index in [1.54, 1.807) is 24.3 Å². The van der Waals surface area contributed by atoms with E-state index in [9.17, 15) is 13.2 Å². The van der Waals surface area contributed by atoms with Gasteiger partial charge in [-0.05, 0) is 55.2 Å². The molecule has 1 saturated heterocycles. The molecule has 0 radical (unpaired) electrons. The summed E-state index contributed by atoms with van der Waals surface area (Å²) >= 11 is 0. The first kappa shape index (κ1) is 21.3. The Morgan fingerprint density at radius 1 is 1.11 bits per heavy atom. The van der Waals surface area contributed by atoms with Gasteiger partial charge in [0.2, 0.25) is 15.9 Å². The number of hydrogen-bond acceptors (Lipinski definition) is 4. The summed E-state index contributed by atoms with van der Waals surface area (Å²) in [7, 11) is -3.57. The van der Waals surface area contributed by atoms with Gasteiger partial charge in [0.1, 0.15) is 0 Å². The maximum Gasteiger partial charge on any atom is 0.243 e. The highest BCUT2D eigenvalue weighted by molar-refractivity contribution is 7.89. The lowest BCUT2D eigenvalue weighted by Gasteiger charge is -2.36. The molecule has 1 heterocycles. The Hall–Kier alpha value is -1.44. The van der Waals surface area contributed by atoms with E-state index in [0.29, 0.717) is 37.9 Å². The van der Waals surface area contributed by atoms with Crippen molar-refractivity contribution in [3.63, 3.8) is 0 Å². The normalized spacial score (nSPS) is 24.7. The summed E-state index contributed by atoms with van der Waals surface area (Å²) in [4.78, 5) is 12.9. The zero-order valence-electron chi connectivity index (χ0n) is 17.1. The average Bonchev–Trinajstić information content (AvgIpc) is 2.68.